The van der Waals surface area contributed by atoms with Crippen LogP contribution in [-0.2, 0) is 6.54 Å². The standard InChI is InChI=1S/C26H35N5/c1-22(23-7-4-3-5-8-23)30-17-14-29(15-18-30)21-25-19-26(10-9-24(25)20-27)31-12-6-11-28(2)13-16-31/h3-5,7-10,19,22H,6,11-18,21H2,1-2H3. The van der Waals surface area contributed by atoms with Gasteiger partial charge in [-0.05, 0) is 56.3 Å². The van der Waals surface area contributed by atoms with Gasteiger partial charge in [0.2, 0.25) is 0 Å². The van der Waals surface area contributed by atoms with Crippen LogP contribution >= 0.6 is 0 Å². The first-order valence-electron chi connectivity index (χ1n) is 11.6. The smallest absolute Gasteiger partial charge is 0.0995 e. The van der Waals surface area contributed by atoms with Gasteiger partial charge in [-0.25, -0.2) is 0 Å². The summed E-state index contributed by atoms with van der Waals surface area (Å²) < 4.78 is 0. The van der Waals surface area contributed by atoms with Gasteiger partial charge in [0.25, 0.3) is 0 Å². The summed E-state index contributed by atoms with van der Waals surface area (Å²) in [5, 5.41) is 9.67. The van der Waals surface area contributed by atoms with Crippen LogP contribution in [-0.4, -0.2) is 74.1 Å². The van der Waals surface area contributed by atoms with Gasteiger partial charge in [0, 0.05) is 64.1 Å². The molecule has 2 aliphatic heterocycles. The molecule has 0 saturated carbocycles. The molecule has 0 bridgehead atoms. The summed E-state index contributed by atoms with van der Waals surface area (Å²) in [6.07, 6.45) is 1.19. The van der Waals surface area contributed by atoms with E-state index in [4.69, 9.17) is 0 Å². The van der Waals surface area contributed by atoms with E-state index in [1.54, 1.807) is 0 Å². The summed E-state index contributed by atoms with van der Waals surface area (Å²) in [6, 6.07) is 20.1. The Labute approximate surface area is 187 Å². The van der Waals surface area contributed by atoms with Crippen LogP contribution in [0.3, 0.4) is 0 Å². The lowest BCUT2D eigenvalue weighted by atomic mass is 10.0. The molecule has 2 aromatic rings. The number of benzene rings is 2. The van der Waals surface area contributed by atoms with Gasteiger partial charge in [-0.2, -0.15) is 5.26 Å². The lowest BCUT2D eigenvalue weighted by molar-refractivity contribution is 0.0978. The number of hydrogen-bond acceptors (Lipinski definition) is 5. The molecule has 5 nitrogen and oxygen atoms in total. The van der Waals surface area contributed by atoms with Crippen molar-refractivity contribution in [2.75, 3.05) is 64.3 Å². The number of nitrogens with zero attached hydrogens (tertiary/aromatic N) is 5. The number of rotatable bonds is 5. The molecule has 0 spiro atoms. The fraction of sp³-hybridized carbons (Fsp3) is 0.500. The third-order valence-electron chi connectivity index (χ3n) is 6.92. The normalized spacial score (nSPS) is 20.2. The van der Waals surface area contributed by atoms with Crippen LogP contribution in [0.5, 0.6) is 0 Å². The maximum Gasteiger partial charge on any atom is 0.0995 e. The maximum atomic E-state index is 9.67. The van der Waals surface area contributed by atoms with E-state index >= 15 is 0 Å². The molecule has 5 heteroatoms. The molecule has 164 valence electrons. The Morgan fingerprint density at radius 3 is 2.42 bits per heavy atom. The van der Waals surface area contributed by atoms with Gasteiger partial charge in [0.15, 0.2) is 0 Å². The lowest BCUT2D eigenvalue weighted by Gasteiger charge is -2.38. The van der Waals surface area contributed by atoms with Crippen molar-refractivity contribution >= 4 is 5.69 Å². The number of likely N-dealkylation sites (N-methyl/N-ethyl adjacent to an activating group) is 1. The molecule has 0 aliphatic carbocycles. The van der Waals surface area contributed by atoms with Crippen molar-refractivity contribution in [3.8, 4) is 6.07 Å². The Morgan fingerprint density at radius 2 is 1.68 bits per heavy atom. The second kappa shape index (κ2) is 10.3. The summed E-state index contributed by atoms with van der Waals surface area (Å²) in [7, 11) is 2.20. The average Bonchev–Trinajstić information content (AvgIpc) is 3.04. The van der Waals surface area contributed by atoms with Crippen molar-refractivity contribution in [1.82, 2.24) is 14.7 Å². The zero-order chi connectivity index (χ0) is 21.6. The van der Waals surface area contributed by atoms with Crippen LogP contribution in [0, 0.1) is 11.3 Å². The molecular formula is C26H35N5. The van der Waals surface area contributed by atoms with Crippen LogP contribution in [0.2, 0.25) is 0 Å². The number of hydrogen-bond donors (Lipinski definition) is 0. The van der Waals surface area contributed by atoms with Crippen LogP contribution in [0.1, 0.15) is 36.1 Å². The molecule has 0 radical (unpaired) electrons. The van der Waals surface area contributed by atoms with Gasteiger partial charge in [-0.1, -0.05) is 30.3 Å². The van der Waals surface area contributed by atoms with E-state index in [0.717, 1.165) is 64.5 Å². The number of nitriles is 1. The SMILES string of the molecule is CC(c1ccccc1)N1CCN(Cc2cc(N3CCCN(C)CC3)ccc2C#N)CC1. The minimum Gasteiger partial charge on any atom is -0.370 e. The van der Waals surface area contributed by atoms with Crippen molar-refractivity contribution in [3.63, 3.8) is 0 Å². The van der Waals surface area contributed by atoms with Gasteiger partial charge in [0.1, 0.15) is 0 Å². The second-order valence-electron chi connectivity index (χ2n) is 9.00. The summed E-state index contributed by atoms with van der Waals surface area (Å²) in [5.41, 5.74) is 4.64. The van der Waals surface area contributed by atoms with E-state index in [1.807, 2.05) is 6.07 Å². The van der Waals surface area contributed by atoms with Gasteiger partial charge >= 0.3 is 0 Å². The minimum absolute atomic E-state index is 0.447. The topological polar surface area (TPSA) is 36.8 Å². The monoisotopic (exact) mass is 417 g/mol. The van der Waals surface area contributed by atoms with Gasteiger partial charge < -0.3 is 9.80 Å². The molecule has 0 amide bonds. The highest BCUT2D eigenvalue weighted by atomic mass is 15.3. The summed E-state index contributed by atoms with van der Waals surface area (Å²) in [6.45, 7) is 11.8. The van der Waals surface area contributed by atoms with Crippen LogP contribution in [0.4, 0.5) is 5.69 Å². The van der Waals surface area contributed by atoms with E-state index in [2.05, 4.69) is 82.1 Å². The van der Waals surface area contributed by atoms with E-state index in [0.29, 0.717) is 6.04 Å². The summed E-state index contributed by atoms with van der Waals surface area (Å²) in [5.74, 6) is 0. The molecular weight excluding hydrogens is 382 g/mol. The largest absolute Gasteiger partial charge is 0.370 e. The molecule has 31 heavy (non-hydrogen) atoms. The van der Waals surface area contributed by atoms with Crippen molar-refractivity contribution in [2.24, 2.45) is 0 Å². The molecule has 2 saturated heterocycles. The Hall–Kier alpha value is -2.39. The molecule has 0 aromatic heterocycles. The van der Waals surface area contributed by atoms with Crippen LogP contribution in [0.15, 0.2) is 48.5 Å². The molecule has 0 N–H and O–H groups in total. The number of anilines is 1. The molecule has 1 atom stereocenters. The molecule has 2 heterocycles. The van der Waals surface area contributed by atoms with E-state index < -0.39 is 0 Å². The van der Waals surface area contributed by atoms with Crippen molar-refractivity contribution in [2.45, 2.75) is 25.9 Å². The molecule has 4 rings (SSSR count). The maximum absolute atomic E-state index is 9.67. The van der Waals surface area contributed by atoms with Gasteiger partial charge in [0.05, 0.1) is 11.6 Å². The zero-order valence-electron chi connectivity index (χ0n) is 19.0. The van der Waals surface area contributed by atoms with E-state index in [9.17, 15) is 5.26 Å². The van der Waals surface area contributed by atoms with Crippen molar-refractivity contribution in [3.05, 3.63) is 65.2 Å². The Morgan fingerprint density at radius 1 is 0.903 bits per heavy atom. The lowest BCUT2D eigenvalue weighted by Crippen LogP contribution is -2.46. The average molecular weight is 418 g/mol. The third-order valence-corrected chi connectivity index (χ3v) is 6.92. The highest BCUT2D eigenvalue weighted by Crippen LogP contribution is 2.25. The Bertz CT molecular complexity index is 882. The third kappa shape index (κ3) is 5.46. The van der Waals surface area contributed by atoms with Crippen molar-refractivity contribution in [1.29, 1.82) is 5.26 Å². The van der Waals surface area contributed by atoms with E-state index in [1.165, 1.54) is 23.2 Å². The minimum atomic E-state index is 0.447. The fourth-order valence-corrected chi connectivity index (χ4v) is 4.81. The highest BCUT2D eigenvalue weighted by molar-refractivity contribution is 5.54. The second-order valence-corrected chi connectivity index (χ2v) is 9.00. The van der Waals surface area contributed by atoms with E-state index in [-0.39, 0.29) is 0 Å². The molecule has 2 aromatic carbocycles. The Kier molecular flexibility index (Phi) is 7.24. The number of piperazine rings is 1. The fourth-order valence-electron chi connectivity index (χ4n) is 4.81. The van der Waals surface area contributed by atoms with Crippen molar-refractivity contribution < 1.29 is 0 Å². The summed E-state index contributed by atoms with van der Waals surface area (Å²) in [4.78, 5) is 9.96. The highest BCUT2D eigenvalue weighted by Gasteiger charge is 2.23. The zero-order valence-corrected chi connectivity index (χ0v) is 19.0. The first-order chi connectivity index (χ1) is 15.1. The Balaban J connectivity index is 1.39. The predicted octanol–water partition coefficient (Wildman–Crippen LogP) is 3.58. The van der Waals surface area contributed by atoms with Gasteiger partial charge in [-0.3, -0.25) is 9.80 Å². The summed E-state index contributed by atoms with van der Waals surface area (Å²) >= 11 is 0. The first kappa shape index (κ1) is 21.8. The predicted molar refractivity (Wildman–Crippen MR) is 127 cm³/mol. The van der Waals surface area contributed by atoms with Gasteiger partial charge in [-0.15, -0.1) is 0 Å². The van der Waals surface area contributed by atoms with Crippen LogP contribution in [0.25, 0.3) is 0 Å². The van der Waals surface area contributed by atoms with Crippen LogP contribution < -0.4 is 4.90 Å². The molecule has 2 aliphatic rings. The molecule has 1 unspecified atom stereocenters. The molecule has 2 fully saturated rings. The first-order valence-corrected chi connectivity index (χ1v) is 11.6. The quantitative estimate of drug-likeness (QED) is 0.743.